The first-order valence-electron chi connectivity index (χ1n) is 18.4. The number of carbonyl (C=O) groups is 2. The summed E-state index contributed by atoms with van der Waals surface area (Å²) in [4.78, 5) is 36.3. The van der Waals surface area contributed by atoms with Crippen molar-refractivity contribution in [2.24, 2.45) is 0 Å². The number of nitrogens with zero attached hydrogens (tertiary/aromatic N) is 3. The molecule has 0 bridgehead atoms. The van der Waals surface area contributed by atoms with Gasteiger partial charge >= 0.3 is 11.9 Å². The summed E-state index contributed by atoms with van der Waals surface area (Å²) in [6, 6.07) is 32.5. The van der Waals surface area contributed by atoms with Crippen molar-refractivity contribution in [2.75, 3.05) is 26.8 Å². The quantitative estimate of drug-likeness (QED) is 0.110. The predicted molar refractivity (Wildman–Crippen MR) is 205 cm³/mol. The molecular formula is C44H43N3O7. The van der Waals surface area contributed by atoms with Crippen LogP contribution >= 0.6 is 0 Å². The topological polar surface area (TPSA) is 124 Å². The maximum Gasteiger partial charge on any atom is 0.356 e. The number of methoxy groups -OCH3 is 1. The van der Waals surface area contributed by atoms with Gasteiger partial charge in [-0.2, -0.15) is 0 Å². The van der Waals surface area contributed by atoms with Crippen LogP contribution in [-0.4, -0.2) is 58.7 Å². The Morgan fingerprint density at radius 3 is 2.44 bits per heavy atom. The minimum Gasteiger partial charge on any atom is -0.508 e. The molecule has 1 atom stereocenters. The van der Waals surface area contributed by atoms with E-state index in [9.17, 15) is 14.7 Å². The van der Waals surface area contributed by atoms with Crippen molar-refractivity contribution in [3.8, 4) is 23.0 Å². The standard InChI is InChI=1S/C44H43N3O7/c1-3-52-44(50)37-21-20-35-36(45-37)8-6-9-39(35)47(25-23-29-11-17-33(18-12-29)43(49)51-2)26-24-31-7-4-5-10-40(31)53-28-30-13-15-32(16-14-30)42-46-38-27-34(48)19-22-41(38)54-42/h4-5,7,10-22,27,39,48H,3,6,8-9,23-26,28H2,1-2H3. The van der Waals surface area contributed by atoms with E-state index in [0.717, 1.165) is 84.5 Å². The van der Waals surface area contributed by atoms with Gasteiger partial charge in [0.15, 0.2) is 5.58 Å². The lowest BCUT2D eigenvalue weighted by molar-refractivity contribution is 0.0517. The van der Waals surface area contributed by atoms with Crippen LogP contribution in [0.1, 0.15) is 74.6 Å². The first kappa shape index (κ1) is 36.4. The second-order valence-electron chi connectivity index (χ2n) is 13.3. The monoisotopic (exact) mass is 725 g/mol. The number of ether oxygens (including phenoxy) is 3. The second-order valence-corrected chi connectivity index (χ2v) is 13.3. The molecule has 0 amide bonds. The molecule has 2 aromatic heterocycles. The van der Waals surface area contributed by atoms with Crippen LogP contribution in [0.5, 0.6) is 11.5 Å². The first-order chi connectivity index (χ1) is 26.4. The maximum absolute atomic E-state index is 12.5. The molecule has 1 unspecified atom stereocenters. The lowest BCUT2D eigenvalue weighted by Crippen LogP contribution is -2.35. The Morgan fingerprint density at radius 1 is 0.870 bits per heavy atom. The third-order valence-electron chi connectivity index (χ3n) is 9.85. The van der Waals surface area contributed by atoms with E-state index in [0.29, 0.717) is 41.5 Å². The minimum absolute atomic E-state index is 0.130. The molecule has 1 aliphatic rings. The number of carbonyl (C=O) groups excluding carboxylic acids is 2. The van der Waals surface area contributed by atoms with Gasteiger partial charge in [-0.05, 0) is 110 Å². The molecule has 0 aliphatic heterocycles. The average Bonchev–Trinajstić information content (AvgIpc) is 3.63. The van der Waals surface area contributed by atoms with Crippen LogP contribution in [0.25, 0.3) is 22.6 Å². The van der Waals surface area contributed by atoms with E-state index in [2.05, 4.69) is 16.0 Å². The molecule has 1 aliphatic carbocycles. The molecule has 10 nitrogen and oxygen atoms in total. The zero-order valence-corrected chi connectivity index (χ0v) is 30.5. The Bertz CT molecular complexity index is 2230. The van der Waals surface area contributed by atoms with Gasteiger partial charge in [0, 0.05) is 36.5 Å². The van der Waals surface area contributed by atoms with E-state index < -0.39 is 5.97 Å². The third kappa shape index (κ3) is 8.45. The Labute approximate surface area is 314 Å². The van der Waals surface area contributed by atoms with Crippen LogP contribution in [0.3, 0.4) is 0 Å². The largest absolute Gasteiger partial charge is 0.508 e. The summed E-state index contributed by atoms with van der Waals surface area (Å²) in [5.74, 6) is 0.731. The summed E-state index contributed by atoms with van der Waals surface area (Å²) in [7, 11) is 1.39. The number of aromatic hydroxyl groups is 1. The zero-order chi connectivity index (χ0) is 37.4. The van der Waals surface area contributed by atoms with E-state index >= 15 is 0 Å². The molecule has 54 heavy (non-hydrogen) atoms. The van der Waals surface area contributed by atoms with Gasteiger partial charge in [0.25, 0.3) is 0 Å². The van der Waals surface area contributed by atoms with E-state index in [-0.39, 0.29) is 17.8 Å². The van der Waals surface area contributed by atoms with Crippen molar-refractivity contribution >= 4 is 23.0 Å². The number of benzene rings is 4. The fourth-order valence-corrected chi connectivity index (χ4v) is 7.01. The lowest BCUT2D eigenvalue weighted by atomic mass is 9.89. The van der Waals surface area contributed by atoms with Crippen LogP contribution in [0.4, 0.5) is 0 Å². The van der Waals surface area contributed by atoms with Crippen LogP contribution in [-0.2, 0) is 35.3 Å². The van der Waals surface area contributed by atoms with Crippen LogP contribution in [0.15, 0.2) is 108 Å². The summed E-state index contributed by atoms with van der Waals surface area (Å²) < 4.78 is 22.4. The molecule has 10 heteroatoms. The molecule has 276 valence electrons. The number of phenolic OH excluding ortho intramolecular Hbond substituents is 1. The Hall–Kier alpha value is -6.00. The number of hydrogen-bond acceptors (Lipinski definition) is 10. The van der Waals surface area contributed by atoms with E-state index in [4.69, 9.17) is 23.6 Å². The Kier molecular flexibility index (Phi) is 11.3. The van der Waals surface area contributed by atoms with Crippen molar-refractivity contribution in [1.82, 2.24) is 14.9 Å². The number of phenols is 1. The summed E-state index contributed by atoms with van der Waals surface area (Å²) in [6.45, 7) is 4.07. The highest BCUT2D eigenvalue weighted by atomic mass is 16.5. The second kappa shape index (κ2) is 16.8. The smallest absolute Gasteiger partial charge is 0.356 e. The van der Waals surface area contributed by atoms with Crippen molar-refractivity contribution in [2.45, 2.75) is 51.7 Å². The number of pyridine rings is 1. The Morgan fingerprint density at radius 2 is 1.65 bits per heavy atom. The molecule has 1 N–H and O–H groups in total. The molecule has 2 heterocycles. The van der Waals surface area contributed by atoms with Crippen molar-refractivity contribution < 1.29 is 33.3 Å². The Balaban J connectivity index is 1.06. The van der Waals surface area contributed by atoms with Gasteiger partial charge in [0.2, 0.25) is 5.89 Å². The van der Waals surface area contributed by atoms with E-state index in [1.54, 1.807) is 31.2 Å². The SMILES string of the molecule is CCOC(=O)c1ccc2c(n1)CCCC2N(CCc1ccc(C(=O)OC)cc1)CCc1ccccc1OCc1ccc(-c2nc3cc(O)ccc3o2)cc1. The number of para-hydroxylation sites is 1. The molecule has 0 radical (unpaired) electrons. The zero-order valence-electron chi connectivity index (χ0n) is 30.5. The minimum atomic E-state index is -0.396. The van der Waals surface area contributed by atoms with Crippen LogP contribution < -0.4 is 4.74 Å². The number of rotatable bonds is 14. The number of aromatic nitrogens is 2. The third-order valence-corrected chi connectivity index (χ3v) is 9.85. The van der Waals surface area contributed by atoms with Crippen LogP contribution in [0, 0.1) is 0 Å². The van der Waals surface area contributed by atoms with Crippen LogP contribution in [0.2, 0.25) is 0 Å². The molecule has 7 rings (SSSR count). The number of fused-ring (bicyclic) bond motifs is 2. The van der Waals surface area contributed by atoms with Gasteiger partial charge < -0.3 is 23.7 Å². The van der Waals surface area contributed by atoms with Gasteiger partial charge in [-0.3, -0.25) is 4.90 Å². The van der Waals surface area contributed by atoms with Gasteiger partial charge in [-0.15, -0.1) is 0 Å². The fraction of sp³-hybridized carbons (Fsp3) is 0.273. The average molecular weight is 726 g/mol. The molecule has 4 aromatic carbocycles. The molecule has 0 fully saturated rings. The summed E-state index contributed by atoms with van der Waals surface area (Å²) in [6.07, 6.45) is 4.33. The van der Waals surface area contributed by atoms with Crippen molar-refractivity contribution in [1.29, 1.82) is 0 Å². The van der Waals surface area contributed by atoms with Gasteiger partial charge in [0.05, 0.1) is 19.3 Å². The predicted octanol–water partition coefficient (Wildman–Crippen LogP) is 8.30. The highest BCUT2D eigenvalue weighted by molar-refractivity contribution is 5.89. The molecule has 0 spiro atoms. The maximum atomic E-state index is 12.5. The van der Waals surface area contributed by atoms with Gasteiger partial charge in [0.1, 0.15) is 29.3 Å². The van der Waals surface area contributed by atoms with E-state index in [1.807, 2.05) is 72.8 Å². The number of esters is 2. The number of aryl methyl sites for hydroxylation is 1. The molecule has 6 aromatic rings. The summed E-state index contributed by atoms with van der Waals surface area (Å²) in [5.41, 5.74) is 8.30. The van der Waals surface area contributed by atoms with Crippen molar-refractivity contribution in [3.05, 3.63) is 142 Å². The molecule has 0 saturated carbocycles. The first-order valence-corrected chi connectivity index (χ1v) is 18.4. The van der Waals surface area contributed by atoms with Crippen molar-refractivity contribution in [3.63, 3.8) is 0 Å². The number of oxazole rings is 1. The summed E-state index contributed by atoms with van der Waals surface area (Å²) >= 11 is 0. The number of hydrogen-bond donors (Lipinski definition) is 1. The van der Waals surface area contributed by atoms with E-state index in [1.165, 1.54) is 7.11 Å². The lowest BCUT2D eigenvalue weighted by Gasteiger charge is -2.36. The normalized spacial score (nSPS) is 13.8. The van der Waals surface area contributed by atoms with Gasteiger partial charge in [-0.1, -0.05) is 48.5 Å². The highest BCUT2D eigenvalue weighted by Gasteiger charge is 2.28. The highest BCUT2D eigenvalue weighted by Crippen LogP contribution is 2.35. The fourth-order valence-electron chi connectivity index (χ4n) is 7.01. The molecular weight excluding hydrogens is 682 g/mol. The van der Waals surface area contributed by atoms with Gasteiger partial charge in [-0.25, -0.2) is 19.6 Å². The summed E-state index contributed by atoms with van der Waals surface area (Å²) in [5, 5.41) is 9.78. The molecule has 0 saturated heterocycles.